The van der Waals surface area contributed by atoms with Crippen LogP contribution in [0.1, 0.15) is 30.7 Å². The number of aliphatic hydroxyl groups is 1. The SMILES string of the molecule is Cc1cccc(-c2ccnc(C3(CO)CCC3)n2)c1. The summed E-state index contributed by atoms with van der Waals surface area (Å²) in [6.07, 6.45) is 4.93. The van der Waals surface area contributed by atoms with Gasteiger partial charge in [-0.25, -0.2) is 9.97 Å². The Bertz CT molecular complexity index is 585. The molecule has 0 spiro atoms. The van der Waals surface area contributed by atoms with E-state index in [2.05, 4.69) is 35.1 Å². The Balaban J connectivity index is 2.00. The van der Waals surface area contributed by atoms with Gasteiger partial charge in [-0.2, -0.15) is 0 Å². The molecule has 3 heteroatoms. The van der Waals surface area contributed by atoms with E-state index in [1.807, 2.05) is 12.1 Å². The number of aromatic nitrogens is 2. The summed E-state index contributed by atoms with van der Waals surface area (Å²) < 4.78 is 0. The van der Waals surface area contributed by atoms with Crippen molar-refractivity contribution in [2.45, 2.75) is 31.6 Å². The van der Waals surface area contributed by atoms with E-state index in [4.69, 9.17) is 0 Å². The fourth-order valence-corrected chi connectivity index (χ4v) is 2.64. The minimum absolute atomic E-state index is 0.143. The summed E-state index contributed by atoms with van der Waals surface area (Å²) in [5.41, 5.74) is 3.07. The number of aliphatic hydroxyl groups excluding tert-OH is 1. The number of benzene rings is 1. The Kier molecular flexibility index (Phi) is 3.07. The predicted molar refractivity (Wildman–Crippen MR) is 74.8 cm³/mol. The van der Waals surface area contributed by atoms with Crippen molar-refractivity contribution in [3.8, 4) is 11.3 Å². The zero-order valence-electron chi connectivity index (χ0n) is 11.1. The van der Waals surface area contributed by atoms with Crippen molar-refractivity contribution in [3.63, 3.8) is 0 Å². The van der Waals surface area contributed by atoms with Gasteiger partial charge in [0.05, 0.1) is 17.7 Å². The monoisotopic (exact) mass is 254 g/mol. The fraction of sp³-hybridized carbons (Fsp3) is 0.375. The molecule has 2 aromatic rings. The van der Waals surface area contributed by atoms with E-state index in [1.54, 1.807) is 6.20 Å². The Morgan fingerprint density at radius 1 is 1.26 bits per heavy atom. The first-order valence-electron chi connectivity index (χ1n) is 6.75. The molecule has 1 aromatic carbocycles. The van der Waals surface area contributed by atoms with Crippen molar-refractivity contribution < 1.29 is 5.11 Å². The highest BCUT2D eigenvalue weighted by Gasteiger charge is 2.40. The third-order valence-electron chi connectivity index (χ3n) is 4.06. The van der Waals surface area contributed by atoms with Crippen molar-refractivity contribution >= 4 is 0 Å². The van der Waals surface area contributed by atoms with Crippen LogP contribution in [0.25, 0.3) is 11.3 Å². The number of nitrogens with zero attached hydrogens (tertiary/aromatic N) is 2. The van der Waals surface area contributed by atoms with Crippen LogP contribution in [0.4, 0.5) is 0 Å². The summed E-state index contributed by atoms with van der Waals surface area (Å²) in [6, 6.07) is 10.2. The van der Waals surface area contributed by atoms with Gasteiger partial charge in [-0.15, -0.1) is 0 Å². The van der Waals surface area contributed by atoms with E-state index in [0.717, 1.165) is 36.3 Å². The standard InChI is InChI=1S/C16H18N2O/c1-12-4-2-5-13(10-12)14-6-9-17-15(18-14)16(11-19)7-3-8-16/h2,4-6,9-10,19H,3,7-8,11H2,1H3. The average Bonchev–Trinajstić information content (AvgIpc) is 2.39. The summed E-state index contributed by atoms with van der Waals surface area (Å²) in [4.78, 5) is 9.06. The Morgan fingerprint density at radius 3 is 2.74 bits per heavy atom. The van der Waals surface area contributed by atoms with Crippen LogP contribution in [0.3, 0.4) is 0 Å². The molecule has 98 valence electrons. The van der Waals surface area contributed by atoms with Crippen LogP contribution in [-0.2, 0) is 5.41 Å². The van der Waals surface area contributed by atoms with Gasteiger partial charge in [0.25, 0.3) is 0 Å². The lowest BCUT2D eigenvalue weighted by atomic mass is 9.68. The second-order valence-corrected chi connectivity index (χ2v) is 5.43. The Hall–Kier alpha value is -1.74. The molecule has 0 saturated heterocycles. The molecule has 0 amide bonds. The van der Waals surface area contributed by atoms with Crippen LogP contribution < -0.4 is 0 Å². The molecule has 1 aliphatic rings. The summed E-state index contributed by atoms with van der Waals surface area (Å²) in [7, 11) is 0. The van der Waals surface area contributed by atoms with Gasteiger partial charge in [0.2, 0.25) is 0 Å². The maximum Gasteiger partial charge on any atom is 0.137 e. The van der Waals surface area contributed by atoms with Gasteiger partial charge in [0.1, 0.15) is 5.82 Å². The van der Waals surface area contributed by atoms with Crippen molar-refractivity contribution in [1.29, 1.82) is 0 Å². The molecule has 1 aromatic heterocycles. The first-order valence-corrected chi connectivity index (χ1v) is 6.75. The molecule has 1 saturated carbocycles. The Morgan fingerprint density at radius 2 is 2.11 bits per heavy atom. The highest BCUT2D eigenvalue weighted by molar-refractivity contribution is 5.59. The highest BCUT2D eigenvalue weighted by atomic mass is 16.3. The van der Waals surface area contributed by atoms with Crippen LogP contribution >= 0.6 is 0 Å². The van der Waals surface area contributed by atoms with Gasteiger partial charge in [-0.05, 0) is 31.9 Å². The lowest BCUT2D eigenvalue weighted by Gasteiger charge is -2.38. The quantitative estimate of drug-likeness (QED) is 0.916. The molecule has 19 heavy (non-hydrogen) atoms. The summed E-state index contributed by atoms with van der Waals surface area (Å²) >= 11 is 0. The molecule has 0 aliphatic heterocycles. The topological polar surface area (TPSA) is 46.0 Å². The molecule has 0 bridgehead atoms. The number of aryl methyl sites for hydroxylation is 1. The minimum Gasteiger partial charge on any atom is -0.395 e. The van der Waals surface area contributed by atoms with Gasteiger partial charge >= 0.3 is 0 Å². The lowest BCUT2D eigenvalue weighted by molar-refractivity contribution is 0.112. The predicted octanol–water partition coefficient (Wildman–Crippen LogP) is 2.87. The van der Waals surface area contributed by atoms with Crippen molar-refractivity contribution in [1.82, 2.24) is 9.97 Å². The van der Waals surface area contributed by atoms with Crippen molar-refractivity contribution in [3.05, 3.63) is 47.9 Å². The second kappa shape index (κ2) is 4.74. The van der Waals surface area contributed by atoms with E-state index < -0.39 is 0 Å². The van der Waals surface area contributed by atoms with Gasteiger partial charge in [0.15, 0.2) is 0 Å². The van der Waals surface area contributed by atoms with Gasteiger partial charge in [-0.3, -0.25) is 0 Å². The summed E-state index contributed by atoms with van der Waals surface area (Å²) in [5.74, 6) is 0.792. The largest absolute Gasteiger partial charge is 0.395 e. The van der Waals surface area contributed by atoms with Gasteiger partial charge in [-0.1, -0.05) is 30.2 Å². The maximum absolute atomic E-state index is 9.62. The fourth-order valence-electron chi connectivity index (χ4n) is 2.64. The summed E-state index contributed by atoms with van der Waals surface area (Å²) in [5, 5.41) is 9.62. The molecule has 1 heterocycles. The van der Waals surface area contributed by atoms with E-state index in [0.29, 0.717) is 0 Å². The molecule has 1 aliphatic carbocycles. The molecule has 0 atom stereocenters. The van der Waals surface area contributed by atoms with Crippen LogP contribution in [0.2, 0.25) is 0 Å². The van der Waals surface area contributed by atoms with Crippen LogP contribution in [0.15, 0.2) is 36.5 Å². The number of hydrogen-bond donors (Lipinski definition) is 1. The third-order valence-corrected chi connectivity index (χ3v) is 4.06. The first kappa shape index (κ1) is 12.3. The average molecular weight is 254 g/mol. The minimum atomic E-state index is -0.195. The maximum atomic E-state index is 9.62. The normalized spacial score (nSPS) is 16.9. The van der Waals surface area contributed by atoms with E-state index in [1.165, 1.54) is 5.56 Å². The molecule has 3 nitrogen and oxygen atoms in total. The first-order chi connectivity index (χ1) is 9.23. The zero-order chi connectivity index (χ0) is 13.3. The molecule has 1 N–H and O–H groups in total. The van der Waals surface area contributed by atoms with Gasteiger partial charge in [0, 0.05) is 11.8 Å². The molecule has 1 fully saturated rings. The molecule has 0 radical (unpaired) electrons. The number of rotatable bonds is 3. The molecule has 0 unspecified atom stereocenters. The van der Waals surface area contributed by atoms with E-state index in [-0.39, 0.29) is 12.0 Å². The van der Waals surface area contributed by atoms with E-state index >= 15 is 0 Å². The number of hydrogen-bond acceptors (Lipinski definition) is 3. The van der Waals surface area contributed by atoms with Crippen LogP contribution in [0, 0.1) is 6.92 Å². The highest BCUT2D eigenvalue weighted by Crippen LogP contribution is 2.41. The molecular formula is C16H18N2O. The Labute approximate surface area is 113 Å². The van der Waals surface area contributed by atoms with Crippen LogP contribution in [-0.4, -0.2) is 21.7 Å². The van der Waals surface area contributed by atoms with E-state index in [9.17, 15) is 5.11 Å². The third kappa shape index (κ3) is 2.15. The van der Waals surface area contributed by atoms with Crippen molar-refractivity contribution in [2.24, 2.45) is 0 Å². The summed E-state index contributed by atoms with van der Waals surface area (Å²) in [6.45, 7) is 2.22. The molecular weight excluding hydrogens is 236 g/mol. The zero-order valence-corrected chi connectivity index (χ0v) is 11.1. The van der Waals surface area contributed by atoms with Crippen molar-refractivity contribution in [2.75, 3.05) is 6.61 Å². The molecule has 3 rings (SSSR count). The second-order valence-electron chi connectivity index (χ2n) is 5.43. The lowest BCUT2D eigenvalue weighted by Crippen LogP contribution is -2.39. The van der Waals surface area contributed by atoms with Crippen LogP contribution in [0.5, 0.6) is 0 Å². The van der Waals surface area contributed by atoms with Gasteiger partial charge < -0.3 is 5.11 Å². The smallest absolute Gasteiger partial charge is 0.137 e.